The lowest BCUT2D eigenvalue weighted by atomic mass is 9.82. The van der Waals surface area contributed by atoms with Gasteiger partial charge in [0.15, 0.2) is 0 Å². The van der Waals surface area contributed by atoms with Crippen molar-refractivity contribution in [2.24, 2.45) is 11.8 Å². The van der Waals surface area contributed by atoms with E-state index in [2.05, 4.69) is 62.2 Å². The van der Waals surface area contributed by atoms with Crippen LogP contribution in [0.5, 0.6) is 5.75 Å². The van der Waals surface area contributed by atoms with Crippen LogP contribution < -0.4 is 4.74 Å². The van der Waals surface area contributed by atoms with Crippen LogP contribution in [0, 0.1) is 11.8 Å². The van der Waals surface area contributed by atoms with Gasteiger partial charge in [-0.1, -0.05) is 71.6 Å². The molecule has 0 bridgehead atoms. The van der Waals surface area contributed by atoms with Gasteiger partial charge in [0.25, 0.3) is 0 Å². The Hall–Kier alpha value is -1.65. The molecule has 4 heteroatoms. The molecule has 0 aliphatic heterocycles. The summed E-state index contributed by atoms with van der Waals surface area (Å²) in [6, 6.07) is 11.3. The molecule has 1 aliphatic rings. The van der Waals surface area contributed by atoms with Crippen LogP contribution >= 0.6 is 11.3 Å². The zero-order valence-electron chi connectivity index (χ0n) is 21.9. The maximum absolute atomic E-state index is 12.9. The van der Waals surface area contributed by atoms with Gasteiger partial charge < -0.3 is 4.74 Å². The number of hydrogen-bond acceptors (Lipinski definition) is 4. The summed E-state index contributed by atoms with van der Waals surface area (Å²) in [5, 5.41) is 2.17. The van der Waals surface area contributed by atoms with Crippen molar-refractivity contribution >= 4 is 17.3 Å². The topological polar surface area (TPSA) is 29.5 Å². The first-order valence-corrected chi connectivity index (χ1v) is 14.5. The van der Waals surface area contributed by atoms with E-state index < -0.39 is 0 Å². The standard InChI is InChI=1S/C30H45NO2S/c1-5-11-23(7-3)24(8-4)22-30(32)33-29-14-9-12-25-21-26(15-16-28(25)29)31(18-6-2)19-17-27-13-10-20-34-27/h9-10,12-14,20,23-24,26H,5-8,11,15-19,21-22H2,1-4H3. The minimum atomic E-state index is -0.0551. The van der Waals surface area contributed by atoms with Crippen LogP contribution in [0.25, 0.3) is 0 Å². The Morgan fingerprint density at radius 1 is 1.06 bits per heavy atom. The molecule has 0 spiro atoms. The number of rotatable bonds is 14. The maximum Gasteiger partial charge on any atom is 0.311 e. The Kier molecular flexibility index (Phi) is 11.1. The maximum atomic E-state index is 12.9. The molecule has 34 heavy (non-hydrogen) atoms. The highest BCUT2D eigenvalue weighted by atomic mass is 32.1. The summed E-state index contributed by atoms with van der Waals surface area (Å²) in [5.41, 5.74) is 2.62. The third kappa shape index (κ3) is 7.42. The zero-order valence-corrected chi connectivity index (χ0v) is 22.7. The first-order chi connectivity index (χ1) is 16.6. The minimum Gasteiger partial charge on any atom is -0.426 e. The molecule has 0 fully saturated rings. The zero-order chi connectivity index (χ0) is 24.3. The molecule has 1 aromatic heterocycles. The number of nitrogens with zero attached hydrogens (tertiary/aromatic N) is 1. The van der Waals surface area contributed by atoms with Crippen LogP contribution in [0.1, 0.15) is 88.6 Å². The normalized spacial score (nSPS) is 17.4. The van der Waals surface area contributed by atoms with E-state index in [1.807, 2.05) is 17.4 Å². The third-order valence-electron chi connectivity index (χ3n) is 7.69. The summed E-state index contributed by atoms with van der Waals surface area (Å²) in [5.74, 6) is 1.79. The average Bonchev–Trinajstić information content (AvgIpc) is 3.37. The van der Waals surface area contributed by atoms with Crippen LogP contribution in [0.3, 0.4) is 0 Å². The highest BCUT2D eigenvalue weighted by Crippen LogP contribution is 2.33. The molecule has 3 atom stereocenters. The van der Waals surface area contributed by atoms with Gasteiger partial charge in [-0.3, -0.25) is 9.69 Å². The lowest BCUT2D eigenvalue weighted by molar-refractivity contribution is -0.136. The molecule has 0 saturated heterocycles. The predicted octanol–water partition coefficient (Wildman–Crippen LogP) is 7.71. The van der Waals surface area contributed by atoms with E-state index >= 15 is 0 Å². The molecule has 0 amide bonds. The van der Waals surface area contributed by atoms with Crippen LogP contribution in [0.4, 0.5) is 0 Å². The smallest absolute Gasteiger partial charge is 0.311 e. The number of fused-ring (bicyclic) bond motifs is 1. The third-order valence-corrected chi connectivity index (χ3v) is 8.63. The second-order valence-electron chi connectivity index (χ2n) is 9.96. The highest BCUT2D eigenvalue weighted by molar-refractivity contribution is 7.09. The van der Waals surface area contributed by atoms with E-state index in [0.717, 1.165) is 57.4 Å². The van der Waals surface area contributed by atoms with Crippen LogP contribution in [-0.2, 0) is 24.1 Å². The molecule has 2 aromatic rings. The average molecular weight is 484 g/mol. The number of hydrogen-bond donors (Lipinski definition) is 0. The first-order valence-electron chi connectivity index (χ1n) is 13.7. The fraction of sp³-hybridized carbons (Fsp3) is 0.633. The number of esters is 1. The summed E-state index contributed by atoms with van der Waals surface area (Å²) < 4.78 is 6.01. The Bertz CT molecular complexity index is 863. The predicted molar refractivity (Wildman–Crippen MR) is 145 cm³/mol. The van der Waals surface area contributed by atoms with Gasteiger partial charge in [0, 0.05) is 23.9 Å². The van der Waals surface area contributed by atoms with Gasteiger partial charge in [-0.25, -0.2) is 0 Å². The lowest BCUT2D eigenvalue weighted by Crippen LogP contribution is -2.41. The van der Waals surface area contributed by atoms with Gasteiger partial charge in [-0.05, 0) is 79.1 Å². The summed E-state index contributed by atoms with van der Waals surface area (Å²) in [6.45, 7) is 11.2. The molecule has 0 saturated carbocycles. The Labute approximate surface area is 211 Å². The Morgan fingerprint density at radius 2 is 1.88 bits per heavy atom. The molecule has 1 aromatic carbocycles. The number of ether oxygens (including phenoxy) is 1. The molecular weight excluding hydrogens is 438 g/mol. The van der Waals surface area contributed by atoms with E-state index in [1.165, 1.54) is 35.3 Å². The molecule has 1 heterocycles. The van der Waals surface area contributed by atoms with Gasteiger partial charge in [0.05, 0.1) is 0 Å². The van der Waals surface area contributed by atoms with Gasteiger partial charge in [-0.2, -0.15) is 0 Å². The van der Waals surface area contributed by atoms with Crippen molar-refractivity contribution in [3.8, 4) is 5.75 Å². The summed E-state index contributed by atoms with van der Waals surface area (Å²) >= 11 is 1.86. The second-order valence-corrected chi connectivity index (χ2v) is 11.0. The quantitative estimate of drug-likeness (QED) is 0.204. The van der Waals surface area contributed by atoms with E-state index in [9.17, 15) is 4.79 Å². The fourth-order valence-electron chi connectivity index (χ4n) is 5.80. The van der Waals surface area contributed by atoms with Crippen molar-refractivity contribution in [3.05, 3.63) is 51.7 Å². The van der Waals surface area contributed by atoms with Gasteiger partial charge in [0.2, 0.25) is 0 Å². The van der Waals surface area contributed by atoms with E-state index in [1.54, 1.807) is 0 Å². The first kappa shape index (κ1) is 26.9. The lowest BCUT2D eigenvalue weighted by Gasteiger charge is -2.35. The van der Waals surface area contributed by atoms with E-state index in [-0.39, 0.29) is 5.97 Å². The molecule has 0 radical (unpaired) electrons. The fourth-order valence-corrected chi connectivity index (χ4v) is 6.50. The number of benzene rings is 1. The Balaban J connectivity index is 1.63. The van der Waals surface area contributed by atoms with Crippen molar-refractivity contribution in [1.82, 2.24) is 4.90 Å². The molecular formula is C30H45NO2S. The number of thiophene rings is 1. The second kappa shape index (κ2) is 14.0. The van der Waals surface area contributed by atoms with E-state index in [4.69, 9.17) is 4.74 Å². The monoisotopic (exact) mass is 483 g/mol. The minimum absolute atomic E-state index is 0.0551. The molecule has 3 rings (SSSR count). The van der Waals surface area contributed by atoms with Crippen LogP contribution in [-0.4, -0.2) is 30.0 Å². The molecule has 3 unspecified atom stereocenters. The SMILES string of the molecule is CCCC(CC)C(CC)CC(=O)Oc1cccc2c1CCC(N(CCC)CCc1cccs1)C2. The highest BCUT2D eigenvalue weighted by Gasteiger charge is 2.27. The summed E-state index contributed by atoms with van der Waals surface area (Å²) in [6.07, 6.45) is 10.6. The number of carbonyl (C=O) groups excluding carboxylic acids is 1. The number of carbonyl (C=O) groups is 1. The molecule has 0 N–H and O–H groups in total. The van der Waals surface area contributed by atoms with Crippen LogP contribution in [0.2, 0.25) is 0 Å². The summed E-state index contributed by atoms with van der Waals surface area (Å²) in [4.78, 5) is 17.1. The van der Waals surface area contributed by atoms with Crippen molar-refractivity contribution in [1.29, 1.82) is 0 Å². The Morgan fingerprint density at radius 3 is 2.56 bits per heavy atom. The van der Waals surface area contributed by atoms with Gasteiger partial charge in [0.1, 0.15) is 5.75 Å². The molecule has 3 nitrogen and oxygen atoms in total. The summed E-state index contributed by atoms with van der Waals surface area (Å²) in [7, 11) is 0. The van der Waals surface area contributed by atoms with Crippen molar-refractivity contribution in [2.45, 2.75) is 97.9 Å². The van der Waals surface area contributed by atoms with Crippen LogP contribution in [0.15, 0.2) is 35.7 Å². The molecule has 188 valence electrons. The van der Waals surface area contributed by atoms with Crippen molar-refractivity contribution in [2.75, 3.05) is 13.1 Å². The largest absolute Gasteiger partial charge is 0.426 e. The molecule has 1 aliphatic carbocycles. The van der Waals surface area contributed by atoms with Gasteiger partial charge >= 0.3 is 5.97 Å². The van der Waals surface area contributed by atoms with Crippen molar-refractivity contribution in [3.63, 3.8) is 0 Å². The van der Waals surface area contributed by atoms with Crippen molar-refractivity contribution < 1.29 is 9.53 Å². The van der Waals surface area contributed by atoms with Gasteiger partial charge in [-0.15, -0.1) is 11.3 Å². The van der Waals surface area contributed by atoms with E-state index in [0.29, 0.717) is 24.3 Å².